The Hall–Kier alpha value is -0.650. The molecule has 0 bridgehead atoms. The molecule has 0 radical (unpaired) electrons. The van der Waals surface area contributed by atoms with Gasteiger partial charge < -0.3 is 5.73 Å². The fourth-order valence-electron chi connectivity index (χ4n) is 2.55. The second-order valence-electron chi connectivity index (χ2n) is 4.97. The van der Waals surface area contributed by atoms with Gasteiger partial charge in [0.1, 0.15) is 5.82 Å². The third-order valence-electron chi connectivity index (χ3n) is 3.61. The molecule has 19 heavy (non-hydrogen) atoms. The van der Waals surface area contributed by atoms with Crippen LogP contribution in [0.25, 0.3) is 0 Å². The first-order chi connectivity index (χ1) is 8.92. The zero-order valence-electron chi connectivity index (χ0n) is 10.5. The Kier molecular flexibility index (Phi) is 4.48. The predicted molar refractivity (Wildman–Crippen MR) is 74.5 cm³/mol. The van der Waals surface area contributed by atoms with Gasteiger partial charge in [0.05, 0.1) is 11.0 Å². The monoisotopic (exact) mass is 305 g/mol. The van der Waals surface area contributed by atoms with Crippen molar-refractivity contribution in [2.24, 2.45) is 5.73 Å². The second kappa shape index (κ2) is 5.77. The van der Waals surface area contributed by atoms with E-state index in [-0.39, 0.29) is 12.2 Å². The molecule has 1 aromatic carbocycles. The number of benzene rings is 1. The molecule has 3 nitrogen and oxygen atoms in total. The maximum atomic E-state index is 13.7. The van der Waals surface area contributed by atoms with E-state index in [2.05, 4.69) is 0 Å². The van der Waals surface area contributed by atoms with Crippen LogP contribution in [-0.2, 0) is 16.3 Å². The molecule has 0 aromatic heterocycles. The molecular formula is C13H17ClFNO2S. The Morgan fingerprint density at radius 1 is 1.42 bits per heavy atom. The molecule has 2 unspecified atom stereocenters. The summed E-state index contributed by atoms with van der Waals surface area (Å²) in [6, 6.07) is 3.80. The topological polar surface area (TPSA) is 60.2 Å². The first-order valence-corrected chi connectivity index (χ1v) is 8.41. The van der Waals surface area contributed by atoms with Gasteiger partial charge in [-0.1, -0.05) is 24.1 Å². The van der Waals surface area contributed by atoms with Gasteiger partial charge in [0.25, 0.3) is 0 Å². The first-order valence-electron chi connectivity index (χ1n) is 6.32. The average molecular weight is 306 g/mol. The number of nitrogens with two attached hydrogens (primary N) is 1. The van der Waals surface area contributed by atoms with Crippen molar-refractivity contribution in [3.05, 3.63) is 34.6 Å². The predicted octanol–water partition coefficient (Wildman–Crippen LogP) is 2.32. The van der Waals surface area contributed by atoms with Gasteiger partial charge in [-0.2, -0.15) is 0 Å². The number of hydrogen-bond donors (Lipinski definition) is 1. The SMILES string of the molecule is NC(Cc1c(F)cccc1Cl)C1CCCCS1(=O)=O. The molecule has 1 aromatic rings. The van der Waals surface area contributed by atoms with Gasteiger partial charge in [-0.15, -0.1) is 0 Å². The molecule has 106 valence electrons. The van der Waals surface area contributed by atoms with Crippen molar-refractivity contribution in [1.82, 2.24) is 0 Å². The Morgan fingerprint density at radius 2 is 2.16 bits per heavy atom. The maximum Gasteiger partial charge on any atom is 0.154 e. The molecule has 0 spiro atoms. The lowest BCUT2D eigenvalue weighted by Crippen LogP contribution is -2.45. The molecule has 6 heteroatoms. The fraction of sp³-hybridized carbons (Fsp3) is 0.538. The second-order valence-corrected chi connectivity index (χ2v) is 7.72. The first kappa shape index (κ1) is 14.8. The highest BCUT2D eigenvalue weighted by atomic mass is 35.5. The summed E-state index contributed by atoms with van der Waals surface area (Å²) < 4.78 is 37.6. The molecule has 2 N–H and O–H groups in total. The number of rotatable bonds is 3. The number of hydrogen-bond acceptors (Lipinski definition) is 3. The highest BCUT2D eigenvalue weighted by Gasteiger charge is 2.34. The van der Waals surface area contributed by atoms with Crippen LogP contribution in [0.5, 0.6) is 0 Å². The van der Waals surface area contributed by atoms with Gasteiger partial charge in [-0.3, -0.25) is 0 Å². The van der Waals surface area contributed by atoms with Gasteiger partial charge in [0.2, 0.25) is 0 Å². The van der Waals surface area contributed by atoms with Crippen molar-refractivity contribution in [2.75, 3.05) is 5.75 Å². The van der Waals surface area contributed by atoms with Crippen molar-refractivity contribution in [1.29, 1.82) is 0 Å². The van der Waals surface area contributed by atoms with Gasteiger partial charge in [-0.25, -0.2) is 12.8 Å². The standard InChI is InChI=1S/C13H17ClFNO2S/c14-10-4-3-5-11(15)9(10)8-12(16)13-6-1-2-7-19(13,17)18/h3-5,12-13H,1-2,6-8,16H2. The fourth-order valence-corrected chi connectivity index (χ4v) is 4.86. The quantitative estimate of drug-likeness (QED) is 0.932. The molecule has 1 heterocycles. The Labute approximate surface area is 117 Å². The van der Waals surface area contributed by atoms with E-state index in [1.165, 1.54) is 12.1 Å². The van der Waals surface area contributed by atoms with Crippen molar-refractivity contribution in [3.8, 4) is 0 Å². The summed E-state index contributed by atoms with van der Waals surface area (Å²) >= 11 is 5.94. The summed E-state index contributed by atoms with van der Waals surface area (Å²) in [5.74, 6) is -0.257. The average Bonchev–Trinajstić information content (AvgIpc) is 2.33. The van der Waals surface area contributed by atoms with Crippen LogP contribution in [0.3, 0.4) is 0 Å². The van der Waals surface area contributed by atoms with E-state index in [9.17, 15) is 12.8 Å². The summed E-state index contributed by atoms with van der Waals surface area (Å²) in [4.78, 5) is 0. The van der Waals surface area contributed by atoms with E-state index in [1.54, 1.807) is 6.07 Å². The summed E-state index contributed by atoms with van der Waals surface area (Å²) in [5.41, 5.74) is 6.29. The van der Waals surface area contributed by atoms with E-state index >= 15 is 0 Å². The van der Waals surface area contributed by atoms with Gasteiger partial charge >= 0.3 is 0 Å². The third kappa shape index (κ3) is 3.27. The highest BCUT2D eigenvalue weighted by molar-refractivity contribution is 7.92. The van der Waals surface area contributed by atoms with Crippen LogP contribution in [0, 0.1) is 5.82 Å². The molecule has 0 saturated carbocycles. The van der Waals surface area contributed by atoms with E-state index in [0.717, 1.165) is 6.42 Å². The minimum absolute atomic E-state index is 0.148. The minimum Gasteiger partial charge on any atom is -0.326 e. The van der Waals surface area contributed by atoms with Crippen LogP contribution >= 0.6 is 11.6 Å². The minimum atomic E-state index is -3.16. The van der Waals surface area contributed by atoms with Gasteiger partial charge in [0.15, 0.2) is 9.84 Å². The lowest BCUT2D eigenvalue weighted by Gasteiger charge is -2.27. The largest absolute Gasteiger partial charge is 0.326 e. The van der Waals surface area contributed by atoms with Crippen LogP contribution in [0.15, 0.2) is 18.2 Å². The molecule has 1 aliphatic heterocycles. The van der Waals surface area contributed by atoms with Crippen LogP contribution in [0.2, 0.25) is 5.02 Å². The van der Waals surface area contributed by atoms with Gasteiger partial charge in [0, 0.05) is 16.6 Å². The van der Waals surface area contributed by atoms with Crippen LogP contribution < -0.4 is 5.73 Å². The number of halogens is 2. The Morgan fingerprint density at radius 3 is 2.79 bits per heavy atom. The van der Waals surface area contributed by atoms with E-state index in [0.29, 0.717) is 23.4 Å². The summed E-state index contributed by atoms with van der Waals surface area (Å²) in [6.45, 7) is 0. The molecule has 1 saturated heterocycles. The zero-order valence-corrected chi connectivity index (χ0v) is 12.1. The molecule has 0 amide bonds. The van der Waals surface area contributed by atoms with Crippen LogP contribution in [-0.4, -0.2) is 25.5 Å². The Bertz CT molecular complexity index is 542. The lowest BCUT2D eigenvalue weighted by molar-refractivity contribution is 0.489. The molecule has 0 aliphatic carbocycles. The van der Waals surface area contributed by atoms with Crippen molar-refractivity contribution >= 4 is 21.4 Å². The normalized spacial score (nSPS) is 24.1. The highest BCUT2D eigenvalue weighted by Crippen LogP contribution is 2.26. The lowest BCUT2D eigenvalue weighted by atomic mass is 10.00. The maximum absolute atomic E-state index is 13.7. The smallest absolute Gasteiger partial charge is 0.154 e. The molecule has 1 aliphatic rings. The molecular weight excluding hydrogens is 289 g/mol. The van der Waals surface area contributed by atoms with Crippen molar-refractivity contribution < 1.29 is 12.8 Å². The van der Waals surface area contributed by atoms with Crippen molar-refractivity contribution in [3.63, 3.8) is 0 Å². The summed E-state index contributed by atoms with van der Waals surface area (Å²) in [6.07, 6.45) is 2.24. The third-order valence-corrected chi connectivity index (χ3v) is 6.33. The van der Waals surface area contributed by atoms with E-state index in [4.69, 9.17) is 17.3 Å². The Balaban J connectivity index is 2.19. The van der Waals surface area contributed by atoms with Crippen molar-refractivity contribution in [2.45, 2.75) is 37.0 Å². The molecule has 1 fully saturated rings. The van der Waals surface area contributed by atoms with E-state index in [1.807, 2.05) is 0 Å². The van der Waals surface area contributed by atoms with Crippen LogP contribution in [0.1, 0.15) is 24.8 Å². The zero-order chi connectivity index (χ0) is 14.0. The number of sulfone groups is 1. The van der Waals surface area contributed by atoms with Crippen LogP contribution in [0.4, 0.5) is 4.39 Å². The summed E-state index contributed by atoms with van der Waals surface area (Å²) in [7, 11) is -3.16. The van der Waals surface area contributed by atoms with E-state index < -0.39 is 26.9 Å². The molecule has 2 atom stereocenters. The summed E-state index contributed by atoms with van der Waals surface area (Å²) in [5, 5.41) is -0.291. The molecule has 2 rings (SSSR count). The van der Waals surface area contributed by atoms with Gasteiger partial charge in [-0.05, 0) is 31.4 Å².